The number of benzene rings is 1. The smallest absolute Gasteiger partial charge is 0.0895 e. The zero-order valence-corrected chi connectivity index (χ0v) is 15.1. The molecule has 3 aromatic rings. The van der Waals surface area contributed by atoms with Crippen molar-refractivity contribution in [3.05, 3.63) is 60.0 Å². The Labute approximate surface area is 153 Å². The van der Waals surface area contributed by atoms with Gasteiger partial charge in [-0.2, -0.15) is 10.2 Å². The van der Waals surface area contributed by atoms with Crippen LogP contribution in [-0.4, -0.2) is 33.1 Å². The number of aromatic amines is 1. The normalized spacial score (nSPS) is 20.3. The van der Waals surface area contributed by atoms with Crippen molar-refractivity contribution in [3.63, 3.8) is 0 Å². The number of rotatable bonds is 6. The van der Waals surface area contributed by atoms with Crippen molar-refractivity contribution in [3.8, 4) is 11.3 Å². The monoisotopic (exact) mass is 351 g/mol. The molecule has 1 aliphatic rings. The summed E-state index contributed by atoms with van der Waals surface area (Å²) in [5, 5.41) is 15.3. The van der Waals surface area contributed by atoms with Crippen LogP contribution >= 0.6 is 0 Å². The van der Waals surface area contributed by atoms with E-state index >= 15 is 0 Å². The van der Waals surface area contributed by atoms with Crippen LogP contribution in [0.5, 0.6) is 0 Å². The van der Waals surface area contributed by atoms with Crippen LogP contribution < -0.4 is 5.32 Å². The molecule has 2 N–H and O–H groups in total. The zero-order valence-electron chi connectivity index (χ0n) is 15.1. The van der Waals surface area contributed by atoms with E-state index < -0.39 is 0 Å². The van der Waals surface area contributed by atoms with Gasteiger partial charge in [0.25, 0.3) is 0 Å². The number of nitrogens with zero attached hydrogens (tertiary/aromatic N) is 3. The third kappa shape index (κ3) is 3.71. The third-order valence-electron chi connectivity index (χ3n) is 5.00. The molecule has 136 valence electrons. The topological polar surface area (TPSA) is 67.8 Å². The molecule has 0 spiro atoms. The third-order valence-corrected chi connectivity index (χ3v) is 5.00. The molecule has 6 nitrogen and oxygen atoms in total. The van der Waals surface area contributed by atoms with E-state index in [1.54, 1.807) is 0 Å². The van der Waals surface area contributed by atoms with Gasteiger partial charge in [-0.15, -0.1) is 0 Å². The van der Waals surface area contributed by atoms with Gasteiger partial charge >= 0.3 is 0 Å². The highest BCUT2D eigenvalue weighted by atomic mass is 16.5. The number of ether oxygens (including phenoxy) is 1. The van der Waals surface area contributed by atoms with Crippen LogP contribution in [0.15, 0.2) is 48.9 Å². The zero-order chi connectivity index (χ0) is 17.8. The van der Waals surface area contributed by atoms with E-state index in [2.05, 4.69) is 38.9 Å². The molecule has 0 saturated carbocycles. The molecule has 6 heteroatoms. The average Bonchev–Trinajstić information content (AvgIpc) is 3.32. The first kappa shape index (κ1) is 17.0. The number of hydrogen-bond acceptors (Lipinski definition) is 4. The molecular weight excluding hydrogens is 326 g/mol. The van der Waals surface area contributed by atoms with E-state index in [1.807, 2.05) is 42.3 Å². The number of nitrogens with one attached hydrogen (secondary N) is 2. The molecule has 1 aromatic carbocycles. The summed E-state index contributed by atoms with van der Waals surface area (Å²) in [6.45, 7) is 2.53. The lowest BCUT2D eigenvalue weighted by atomic mass is 9.91. The van der Waals surface area contributed by atoms with Crippen LogP contribution in [0.2, 0.25) is 0 Å². The Bertz CT molecular complexity index is 826. The fourth-order valence-electron chi connectivity index (χ4n) is 3.70. The minimum absolute atomic E-state index is 0.128. The van der Waals surface area contributed by atoms with Crippen molar-refractivity contribution in [2.45, 2.75) is 25.5 Å². The van der Waals surface area contributed by atoms with Gasteiger partial charge in [0.2, 0.25) is 0 Å². The molecule has 3 heterocycles. The second kappa shape index (κ2) is 7.85. The van der Waals surface area contributed by atoms with E-state index in [4.69, 9.17) is 4.74 Å². The van der Waals surface area contributed by atoms with Crippen LogP contribution in [0.25, 0.3) is 11.3 Å². The van der Waals surface area contributed by atoms with E-state index in [1.165, 1.54) is 17.5 Å². The molecule has 0 aliphatic carbocycles. The van der Waals surface area contributed by atoms with Gasteiger partial charge in [0.15, 0.2) is 0 Å². The highest BCUT2D eigenvalue weighted by Crippen LogP contribution is 2.33. The van der Waals surface area contributed by atoms with Crippen LogP contribution in [0.3, 0.4) is 0 Å². The number of aryl methyl sites for hydroxylation is 1. The van der Waals surface area contributed by atoms with Crippen molar-refractivity contribution in [1.82, 2.24) is 25.3 Å². The average molecular weight is 351 g/mol. The summed E-state index contributed by atoms with van der Waals surface area (Å²) in [6, 6.07) is 10.3. The van der Waals surface area contributed by atoms with Gasteiger partial charge in [0.1, 0.15) is 0 Å². The Balaban J connectivity index is 1.39. The molecule has 0 bridgehead atoms. The van der Waals surface area contributed by atoms with Crippen molar-refractivity contribution in [1.29, 1.82) is 0 Å². The van der Waals surface area contributed by atoms with Crippen molar-refractivity contribution in [2.24, 2.45) is 13.0 Å². The molecule has 2 atom stereocenters. The molecule has 26 heavy (non-hydrogen) atoms. The van der Waals surface area contributed by atoms with Crippen molar-refractivity contribution >= 4 is 0 Å². The highest BCUT2D eigenvalue weighted by molar-refractivity contribution is 5.62. The lowest BCUT2D eigenvalue weighted by Crippen LogP contribution is -2.31. The molecule has 2 aromatic heterocycles. The Kier molecular flexibility index (Phi) is 5.13. The SMILES string of the molecule is Cn1cc([C@@H]2OCCC[C@H]2CNCc2cn[nH]c2-c2ccccc2)cn1. The minimum Gasteiger partial charge on any atom is -0.373 e. The molecule has 0 radical (unpaired) electrons. The first-order valence-corrected chi connectivity index (χ1v) is 9.20. The number of hydrogen-bond donors (Lipinski definition) is 2. The van der Waals surface area contributed by atoms with Crippen molar-refractivity contribution < 1.29 is 4.74 Å². The Morgan fingerprint density at radius 1 is 1.27 bits per heavy atom. The Hall–Kier alpha value is -2.44. The largest absolute Gasteiger partial charge is 0.373 e. The lowest BCUT2D eigenvalue weighted by Gasteiger charge is -2.31. The first-order chi connectivity index (χ1) is 12.8. The summed E-state index contributed by atoms with van der Waals surface area (Å²) >= 11 is 0. The molecular formula is C20H25N5O. The molecule has 0 amide bonds. The maximum atomic E-state index is 6.06. The number of H-pyrrole nitrogens is 1. The lowest BCUT2D eigenvalue weighted by molar-refractivity contribution is -0.0279. The second-order valence-corrected chi connectivity index (χ2v) is 6.91. The fraction of sp³-hybridized carbons (Fsp3) is 0.400. The summed E-state index contributed by atoms with van der Waals surface area (Å²) in [6.07, 6.45) is 8.31. The number of aromatic nitrogens is 4. The summed E-state index contributed by atoms with van der Waals surface area (Å²) in [5.41, 5.74) is 4.61. The standard InChI is InChI=1S/C20H25N5O/c1-25-14-18(13-23-25)20-16(8-5-9-26-20)10-21-11-17-12-22-24-19(17)15-6-3-2-4-7-15/h2-4,6-7,12-14,16,20-21H,5,8-11H2,1H3,(H,22,24)/t16-,20+/m0/s1. The van der Waals surface area contributed by atoms with Crippen molar-refractivity contribution in [2.75, 3.05) is 13.2 Å². The predicted octanol–water partition coefficient (Wildman–Crippen LogP) is 3.07. The van der Waals surface area contributed by atoms with Gasteiger partial charge in [-0.25, -0.2) is 0 Å². The van der Waals surface area contributed by atoms with Gasteiger partial charge in [-0.05, 0) is 18.4 Å². The van der Waals surface area contributed by atoms with Crippen LogP contribution in [-0.2, 0) is 18.3 Å². The van der Waals surface area contributed by atoms with E-state index in [-0.39, 0.29) is 6.10 Å². The second-order valence-electron chi connectivity index (χ2n) is 6.91. The van der Waals surface area contributed by atoms with Crippen LogP contribution in [0, 0.1) is 5.92 Å². The first-order valence-electron chi connectivity index (χ1n) is 9.20. The van der Waals surface area contributed by atoms with Gasteiger partial charge in [-0.1, -0.05) is 30.3 Å². The summed E-state index contributed by atoms with van der Waals surface area (Å²) in [5.74, 6) is 0.458. The van der Waals surface area contributed by atoms with Gasteiger partial charge in [0.05, 0.1) is 24.2 Å². The van der Waals surface area contributed by atoms with Crippen LogP contribution in [0.1, 0.15) is 30.1 Å². The molecule has 1 aliphatic heterocycles. The van der Waals surface area contributed by atoms with Gasteiger partial charge < -0.3 is 10.1 Å². The highest BCUT2D eigenvalue weighted by Gasteiger charge is 2.28. The molecule has 4 rings (SSSR count). The fourth-order valence-corrected chi connectivity index (χ4v) is 3.70. The maximum absolute atomic E-state index is 6.06. The maximum Gasteiger partial charge on any atom is 0.0895 e. The quantitative estimate of drug-likeness (QED) is 0.716. The van der Waals surface area contributed by atoms with E-state index in [0.29, 0.717) is 5.92 Å². The minimum atomic E-state index is 0.128. The summed E-state index contributed by atoms with van der Waals surface area (Å²) in [7, 11) is 1.95. The Morgan fingerprint density at radius 2 is 2.15 bits per heavy atom. The van der Waals surface area contributed by atoms with E-state index in [0.717, 1.165) is 37.4 Å². The summed E-state index contributed by atoms with van der Waals surface area (Å²) < 4.78 is 7.90. The molecule has 0 unspecified atom stereocenters. The molecule has 1 saturated heterocycles. The predicted molar refractivity (Wildman–Crippen MR) is 100 cm³/mol. The Morgan fingerprint density at radius 3 is 2.96 bits per heavy atom. The molecule has 1 fully saturated rings. The van der Waals surface area contributed by atoms with Gasteiger partial charge in [0, 0.05) is 50.0 Å². The van der Waals surface area contributed by atoms with Gasteiger partial charge in [-0.3, -0.25) is 9.78 Å². The summed E-state index contributed by atoms with van der Waals surface area (Å²) in [4.78, 5) is 0. The van der Waals surface area contributed by atoms with E-state index in [9.17, 15) is 0 Å². The van der Waals surface area contributed by atoms with Crippen LogP contribution in [0.4, 0.5) is 0 Å².